The van der Waals surface area contributed by atoms with Crippen molar-refractivity contribution in [3.63, 3.8) is 0 Å². The zero-order valence-electron chi connectivity index (χ0n) is 10.9. The Morgan fingerprint density at radius 1 is 1.26 bits per heavy atom. The van der Waals surface area contributed by atoms with E-state index in [2.05, 4.69) is 16.8 Å². The highest BCUT2D eigenvalue weighted by molar-refractivity contribution is 5.51. The highest BCUT2D eigenvalue weighted by atomic mass is 16.4. The van der Waals surface area contributed by atoms with Crippen molar-refractivity contribution in [1.29, 1.82) is 0 Å². The predicted octanol–water partition coefficient (Wildman–Crippen LogP) is 3.97. The lowest BCUT2D eigenvalue weighted by Crippen LogP contribution is -1.87. The van der Waals surface area contributed by atoms with Crippen molar-refractivity contribution >= 4 is 0 Å². The van der Waals surface area contributed by atoms with E-state index in [9.17, 15) is 0 Å². The van der Waals surface area contributed by atoms with Gasteiger partial charge in [0.1, 0.15) is 0 Å². The average Bonchev–Trinajstić information content (AvgIpc) is 2.93. The molecule has 0 N–H and O–H groups in total. The molecule has 1 aromatic heterocycles. The van der Waals surface area contributed by atoms with E-state index in [-0.39, 0.29) is 0 Å². The van der Waals surface area contributed by atoms with Crippen LogP contribution in [0.25, 0.3) is 11.5 Å². The Hall–Kier alpha value is -2.42. The van der Waals surface area contributed by atoms with E-state index in [1.54, 1.807) is 6.08 Å². The van der Waals surface area contributed by atoms with Gasteiger partial charge in [-0.25, -0.2) is 0 Å². The predicted molar refractivity (Wildman–Crippen MR) is 76.5 cm³/mol. The third-order valence-electron chi connectivity index (χ3n) is 2.66. The van der Waals surface area contributed by atoms with Gasteiger partial charge in [-0.1, -0.05) is 49.1 Å². The minimum atomic E-state index is 0.554. The minimum absolute atomic E-state index is 0.554. The van der Waals surface area contributed by atoms with Crippen LogP contribution in [0.1, 0.15) is 12.8 Å². The number of aromatic nitrogens is 2. The van der Waals surface area contributed by atoms with Crippen LogP contribution in [0, 0.1) is 0 Å². The molecule has 0 radical (unpaired) electrons. The Morgan fingerprint density at radius 2 is 2.05 bits per heavy atom. The van der Waals surface area contributed by atoms with Gasteiger partial charge in [-0.05, 0) is 24.6 Å². The van der Waals surface area contributed by atoms with Crippen molar-refractivity contribution in [2.24, 2.45) is 0 Å². The summed E-state index contributed by atoms with van der Waals surface area (Å²) in [5.41, 5.74) is 2.05. The fourth-order valence-corrected chi connectivity index (χ4v) is 1.65. The van der Waals surface area contributed by atoms with Crippen LogP contribution in [0.15, 0.2) is 71.2 Å². The van der Waals surface area contributed by atoms with E-state index >= 15 is 0 Å². The van der Waals surface area contributed by atoms with Gasteiger partial charge in [0.15, 0.2) is 0 Å². The molecule has 0 unspecified atom stereocenters. The molecule has 1 aromatic carbocycles. The van der Waals surface area contributed by atoms with Crippen molar-refractivity contribution in [2.75, 3.05) is 0 Å². The van der Waals surface area contributed by atoms with Gasteiger partial charge in [-0.3, -0.25) is 0 Å². The third-order valence-corrected chi connectivity index (χ3v) is 2.66. The molecule has 0 aliphatic carbocycles. The van der Waals surface area contributed by atoms with Crippen LogP contribution in [-0.2, 0) is 6.42 Å². The van der Waals surface area contributed by atoms with E-state index in [4.69, 9.17) is 4.42 Å². The summed E-state index contributed by atoms with van der Waals surface area (Å²) in [6.45, 7) is 5.64. The molecule has 0 saturated heterocycles. The number of rotatable bonds is 5. The van der Waals surface area contributed by atoms with E-state index in [1.807, 2.05) is 55.5 Å². The highest BCUT2D eigenvalue weighted by Crippen LogP contribution is 2.18. The summed E-state index contributed by atoms with van der Waals surface area (Å²) in [6, 6.07) is 9.75. The summed E-state index contributed by atoms with van der Waals surface area (Å²) in [6.07, 6.45) is 8.27. The summed E-state index contributed by atoms with van der Waals surface area (Å²) in [5, 5.41) is 8.14. The van der Waals surface area contributed by atoms with Gasteiger partial charge in [0.2, 0.25) is 11.8 Å². The molecule has 0 aliphatic heterocycles. The zero-order valence-corrected chi connectivity index (χ0v) is 10.9. The average molecular weight is 252 g/mol. The van der Waals surface area contributed by atoms with Gasteiger partial charge >= 0.3 is 0 Å². The standard InChI is InChI=1S/C16H16N2O/c1-3-5-9-13(4-2)12-15-17-18-16(19-15)14-10-7-6-8-11-14/h3-11H,1,12H2,2H3/b9-5-,13-4+. The van der Waals surface area contributed by atoms with Gasteiger partial charge in [0.05, 0.1) is 6.42 Å². The molecular formula is C16H16N2O. The third kappa shape index (κ3) is 3.52. The maximum absolute atomic E-state index is 5.66. The normalized spacial score (nSPS) is 11.9. The second-order valence-corrected chi connectivity index (χ2v) is 4.00. The molecule has 3 heteroatoms. The van der Waals surface area contributed by atoms with Crippen LogP contribution < -0.4 is 0 Å². The molecule has 0 saturated carbocycles. The summed E-state index contributed by atoms with van der Waals surface area (Å²) < 4.78 is 5.66. The van der Waals surface area contributed by atoms with Crippen molar-refractivity contribution in [1.82, 2.24) is 10.2 Å². The first kappa shape index (κ1) is 13.0. The second-order valence-electron chi connectivity index (χ2n) is 4.00. The lowest BCUT2D eigenvalue weighted by Gasteiger charge is -1.96. The first-order chi connectivity index (χ1) is 9.33. The molecule has 19 heavy (non-hydrogen) atoms. The molecule has 2 aromatic rings. The largest absolute Gasteiger partial charge is 0.420 e. The molecule has 3 nitrogen and oxygen atoms in total. The number of allylic oxidation sites excluding steroid dienone is 5. The van der Waals surface area contributed by atoms with E-state index in [0.29, 0.717) is 18.2 Å². The summed E-state index contributed by atoms with van der Waals surface area (Å²) in [5.74, 6) is 1.17. The lowest BCUT2D eigenvalue weighted by molar-refractivity contribution is 0.518. The number of nitrogens with zero attached hydrogens (tertiary/aromatic N) is 2. The Kier molecular flexibility index (Phi) is 4.45. The lowest BCUT2D eigenvalue weighted by atomic mass is 10.1. The van der Waals surface area contributed by atoms with Gasteiger partial charge in [-0.15, -0.1) is 10.2 Å². The zero-order chi connectivity index (χ0) is 13.5. The summed E-state index contributed by atoms with van der Waals surface area (Å²) in [7, 11) is 0. The van der Waals surface area contributed by atoms with Crippen molar-refractivity contribution in [3.05, 3.63) is 72.7 Å². The van der Waals surface area contributed by atoms with E-state index < -0.39 is 0 Å². The fourth-order valence-electron chi connectivity index (χ4n) is 1.65. The molecule has 0 fully saturated rings. The molecular weight excluding hydrogens is 236 g/mol. The molecule has 0 atom stereocenters. The van der Waals surface area contributed by atoms with Gasteiger partial charge in [0, 0.05) is 5.56 Å². The smallest absolute Gasteiger partial charge is 0.247 e. The molecule has 0 spiro atoms. The Bertz CT molecular complexity index is 594. The minimum Gasteiger partial charge on any atom is -0.420 e. The van der Waals surface area contributed by atoms with Crippen LogP contribution >= 0.6 is 0 Å². The maximum atomic E-state index is 5.66. The molecule has 2 rings (SSSR count). The van der Waals surface area contributed by atoms with Crippen LogP contribution in [0.4, 0.5) is 0 Å². The summed E-state index contributed by atoms with van der Waals surface area (Å²) >= 11 is 0. The van der Waals surface area contributed by atoms with Crippen LogP contribution in [0.2, 0.25) is 0 Å². The Balaban J connectivity index is 2.14. The Morgan fingerprint density at radius 3 is 2.74 bits per heavy atom. The molecule has 0 amide bonds. The highest BCUT2D eigenvalue weighted by Gasteiger charge is 2.08. The van der Waals surface area contributed by atoms with Crippen molar-refractivity contribution in [3.8, 4) is 11.5 Å². The molecule has 96 valence electrons. The number of benzene rings is 1. The van der Waals surface area contributed by atoms with E-state index in [0.717, 1.165) is 11.1 Å². The molecule has 0 aliphatic rings. The molecule has 0 bridgehead atoms. The first-order valence-electron chi connectivity index (χ1n) is 6.15. The fraction of sp³-hybridized carbons (Fsp3) is 0.125. The topological polar surface area (TPSA) is 38.9 Å². The monoisotopic (exact) mass is 252 g/mol. The second kappa shape index (κ2) is 6.50. The Labute approximate surface area is 113 Å². The van der Waals surface area contributed by atoms with Crippen LogP contribution in [0.3, 0.4) is 0 Å². The summed E-state index contributed by atoms with van der Waals surface area (Å²) in [4.78, 5) is 0. The SMILES string of the molecule is C=C/C=C\C(=C/C)Cc1nnc(-c2ccccc2)o1. The van der Waals surface area contributed by atoms with Crippen LogP contribution in [-0.4, -0.2) is 10.2 Å². The molecule has 1 heterocycles. The maximum Gasteiger partial charge on any atom is 0.247 e. The van der Waals surface area contributed by atoms with Crippen molar-refractivity contribution in [2.45, 2.75) is 13.3 Å². The van der Waals surface area contributed by atoms with Gasteiger partial charge in [-0.2, -0.15) is 0 Å². The number of hydrogen-bond acceptors (Lipinski definition) is 3. The number of hydrogen-bond donors (Lipinski definition) is 0. The van der Waals surface area contributed by atoms with Crippen molar-refractivity contribution < 1.29 is 4.42 Å². The first-order valence-corrected chi connectivity index (χ1v) is 6.15. The van der Waals surface area contributed by atoms with Gasteiger partial charge < -0.3 is 4.42 Å². The van der Waals surface area contributed by atoms with Crippen LogP contribution in [0.5, 0.6) is 0 Å². The quantitative estimate of drug-likeness (QED) is 0.756. The van der Waals surface area contributed by atoms with E-state index in [1.165, 1.54) is 0 Å². The van der Waals surface area contributed by atoms with Gasteiger partial charge in [0.25, 0.3) is 0 Å².